The molecular formula is C41H62O. The molecule has 4 rings (SSSR count). The Morgan fingerprint density at radius 1 is 0.524 bits per heavy atom. The Bertz CT molecular complexity index is 905. The van der Waals surface area contributed by atoms with Gasteiger partial charge in [0.1, 0.15) is 5.78 Å². The van der Waals surface area contributed by atoms with Crippen LogP contribution in [0.4, 0.5) is 0 Å². The number of rotatable bonds is 18. The van der Waals surface area contributed by atoms with Crippen molar-refractivity contribution in [3.8, 4) is 0 Å². The van der Waals surface area contributed by atoms with Gasteiger partial charge in [0.25, 0.3) is 0 Å². The lowest BCUT2D eigenvalue weighted by atomic mass is 9.76. The fourth-order valence-corrected chi connectivity index (χ4v) is 7.94. The van der Waals surface area contributed by atoms with E-state index in [2.05, 4.69) is 62.4 Å². The zero-order valence-corrected chi connectivity index (χ0v) is 27.4. The molecular weight excluding hydrogens is 508 g/mol. The molecule has 0 aromatic heterocycles. The third-order valence-electron chi connectivity index (χ3n) is 10.9. The van der Waals surface area contributed by atoms with Gasteiger partial charge in [0.2, 0.25) is 0 Å². The van der Waals surface area contributed by atoms with Gasteiger partial charge in [-0.25, -0.2) is 0 Å². The number of ketones is 1. The molecule has 42 heavy (non-hydrogen) atoms. The molecule has 1 heteroatoms. The lowest BCUT2D eigenvalue weighted by Gasteiger charge is -2.29. The normalized spacial score (nSPS) is 22.7. The summed E-state index contributed by atoms with van der Waals surface area (Å²) in [5, 5.41) is 0. The molecule has 0 unspecified atom stereocenters. The number of carbonyl (C=O) groups excluding carboxylic acids is 1. The molecule has 0 heterocycles. The highest BCUT2D eigenvalue weighted by molar-refractivity contribution is 5.78. The van der Waals surface area contributed by atoms with Crippen LogP contribution in [0.3, 0.4) is 0 Å². The van der Waals surface area contributed by atoms with Gasteiger partial charge in [-0.3, -0.25) is 4.79 Å². The van der Waals surface area contributed by atoms with Crippen LogP contribution in [-0.4, -0.2) is 5.78 Å². The van der Waals surface area contributed by atoms with Crippen molar-refractivity contribution in [2.24, 2.45) is 11.8 Å². The van der Waals surface area contributed by atoms with Crippen LogP contribution in [0.15, 0.2) is 48.5 Å². The van der Waals surface area contributed by atoms with Crippen LogP contribution in [0, 0.1) is 11.8 Å². The van der Waals surface area contributed by atoms with Crippen LogP contribution < -0.4 is 0 Å². The van der Waals surface area contributed by atoms with E-state index < -0.39 is 0 Å². The maximum absolute atomic E-state index is 12.6. The average Bonchev–Trinajstić information content (AvgIpc) is 3.03. The third-order valence-corrected chi connectivity index (χ3v) is 10.9. The summed E-state index contributed by atoms with van der Waals surface area (Å²) < 4.78 is 0. The van der Waals surface area contributed by atoms with Crippen LogP contribution in [-0.2, 0) is 17.6 Å². The summed E-state index contributed by atoms with van der Waals surface area (Å²) in [6.07, 6.45) is 27.5. The van der Waals surface area contributed by atoms with Crippen molar-refractivity contribution >= 4 is 5.78 Å². The molecule has 2 aromatic rings. The molecule has 0 atom stereocenters. The molecule has 0 bridgehead atoms. The molecule has 2 aromatic carbocycles. The Morgan fingerprint density at radius 3 is 1.26 bits per heavy atom. The average molecular weight is 571 g/mol. The molecule has 0 saturated heterocycles. The molecule has 2 fully saturated rings. The van der Waals surface area contributed by atoms with Crippen molar-refractivity contribution in [3.63, 3.8) is 0 Å². The minimum absolute atomic E-state index is 0.524. The van der Waals surface area contributed by atoms with E-state index in [1.807, 2.05) is 0 Å². The minimum atomic E-state index is 0.524. The molecule has 0 radical (unpaired) electrons. The molecule has 1 nitrogen and oxygen atoms in total. The third kappa shape index (κ3) is 11.3. The summed E-state index contributed by atoms with van der Waals surface area (Å²) in [6.45, 7) is 4.55. The number of carbonyl (C=O) groups is 1. The molecule has 0 N–H and O–H groups in total. The van der Waals surface area contributed by atoms with E-state index in [1.165, 1.54) is 127 Å². The molecule has 2 aliphatic rings. The number of unbranched alkanes of at least 4 members (excludes halogenated alkanes) is 4. The van der Waals surface area contributed by atoms with E-state index in [9.17, 15) is 4.79 Å². The predicted molar refractivity (Wildman–Crippen MR) is 181 cm³/mol. The van der Waals surface area contributed by atoms with Gasteiger partial charge in [0, 0.05) is 12.8 Å². The van der Waals surface area contributed by atoms with E-state index in [0.29, 0.717) is 5.78 Å². The van der Waals surface area contributed by atoms with Crippen molar-refractivity contribution in [1.82, 2.24) is 0 Å². The first-order chi connectivity index (χ1) is 20.6. The first kappa shape index (κ1) is 33.0. The fourth-order valence-electron chi connectivity index (χ4n) is 7.94. The molecule has 232 valence electrons. The fraction of sp³-hybridized carbons (Fsp3) is 0.683. The zero-order chi connectivity index (χ0) is 29.4. The first-order valence-corrected chi connectivity index (χ1v) is 18.3. The summed E-state index contributed by atoms with van der Waals surface area (Å²) in [5.41, 5.74) is 6.13. The second kappa shape index (κ2) is 18.7. The highest BCUT2D eigenvalue weighted by atomic mass is 16.1. The Morgan fingerprint density at radius 2 is 0.905 bits per heavy atom. The van der Waals surface area contributed by atoms with E-state index in [4.69, 9.17) is 0 Å². The maximum atomic E-state index is 12.6. The smallest absolute Gasteiger partial charge is 0.132 e. The number of aryl methyl sites for hydroxylation is 2. The van der Waals surface area contributed by atoms with Crippen LogP contribution in [0.1, 0.15) is 176 Å². The number of hydrogen-bond acceptors (Lipinski definition) is 1. The van der Waals surface area contributed by atoms with Crippen molar-refractivity contribution in [1.29, 1.82) is 0 Å². The van der Waals surface area contributed by atoms with Gasteiger partial charge in [-0.2, -0.15) is 0 Å². The summed E-state index contributed by atoms with van der Waals surface area (Å²) in [6, 6.07) is 19.1. The molecule has 2 saturated carbocycles. The predicted octanol–water partition coefficient (Wildman–Crippen LogP) is 12.3. The summed E-state index contributed by atoms with van der Waals surface area (Å²) in [4.78, 5) is 12.6. The van der Waals surface area contributed by atoms with Crippen molar-refractivity contribution < 1.29 is 4.79 Å². The Labute approximate surface area is 259 Å². The largest absolute Gasteiger partial charge is 0.300 e. The van der Waals surface area contributed by atoms with Crippen LogP contribution in [0.5, 0.6) is 0 Å². The lowest BCUT2D eigenvalue weighted by molar-refractivity contribution is -0.119. The van der Waals surface area contributed by atoms with Crippen molar-refractivity contribution in [3.05, 3.63) is 70.8 Å². The van der Waals surface area contributed by atoms with Gasteiger partial charge in [-0.1, -0.05) is 101 Å². The summed E-state index contributed by atoms with van der Waals surface area (Å²) in [7, 11) is 0. The van der Waals surface area contributed by atoms with E-state index >= 15 is 0 Å². The van der Waals surface area contributed by atoms with Gasteiger partial charge in [0.05, 0.1) is 0 Å². The van der Waals surface area contributed by atoms with Gasteiger partial charge in [-0.15, -0.1) is 0 Å². The number of Topliss-reactive ketones (excluding diaryl/α,β-unsaturated/α-hetero) is 1. The lowest BCUT2D eigenvalue weighted by Crippen LogP contribution is -2.14. The highest BCUT2D eigenvalue weighted by Gasteiger charge is 2.24. The van der Waals surface area contributed by atoms with E-state index in [1.54, 1.807) is 11.1 Å². The minimum Gasteiger partial charge on any atom is -0.300 e. The van der Waals surface area contributed by atoms with Crippen LogP contribution >= 0.6 is 0 Å². The Hall–Kier alpha value is -1.89. The van der Waals surface area contributed by atoms with Gasteiger partial charge < -0.3 is 0 Å². The van der Waals surface area contributed by atoms with E-state index in [-0.39, 0.29) is 0 Å². The zero-order valence-electron chi connectivity index (χ0n) is 27.4. The van der Waals surface area contributed by atoms with E-state index in [0.717, 1.165) is 49.4 Å². The second-order valence-electron chi connectivity index (χ2n) is 14.2. The quantitative estimate of drug-likeness (QED) is 0.163. The number of hydrogen-bond donors (Lipinski definition) is 0. The van der Waals surface area contributed by atoms with Gasteiger partial charge in [-0.05, 0) is 136 Å². The summed E-state index contributed by atoms with van der Waals surface area (Å²) in [5.74, 6) is 3.71. The SMILES string of the molecule is CCCCCc1ccc(C2CCC(CCCC(=O)CCCC3CCC(c4ccc(CCCCC)cc4)CC3)CC2)cc1. The molecule has 2 aliphatic carbocycles. The number of benzene rings is 2. The van der Waals surface area contributed by atoms with Crippen LogP contribution in [0.25, 0.3) is 0 Å². The highest BCUT2D eigenvalue weighted by Crippen LogP contribution is 2.39. The maximum Gasteiger partial charge on any atom is 0.132 e. The Kier molecular flexibility index (Phi) is 14.7. The topological polar surface area (TPSA) is 17.1 Å². The standard InChI is InChI=1S/C41H62O/c1-3-5-7-11-33-17-25-37(26-18-33)39-29-21-35(22-30-39)13-9-15-41(42)16-10-14-36-23-31-40(32-24-36)38-27-19-34(20-28-38)12-8-6-4-2/h17-20,25-28,35-36,39-40H,3-16,21-24,29-32H2,1-2H3. The molecule has 0 spiro atoms. The van der Waals surface area contributed by atoms with Gasteiger partial charge >= 0.3 is 0 Å². The van der Waals surface area contributed by atoms with Crippen molar-refractivity contribution in [2.45, 2.75) is 167 Å². The molecule has 0 aliphatic heterocycles. The summed E-state index contributed by atoms with van der Waals surface area (Å²) >= 11 is 0. The monoisotopic (exact) mass is 570 g/mol. The second-order valence-corrected chi connectivity index (χ2v) is 14.2. The van der Waals surface area contributed by atoms with Crippen LogP contribution in [0.2, 0.25) is 0 Å². The molecule has 0 amide bonds. The van der Waals surface area contributed by atoms with Gasteiger partial charge in [0.15, 0.2) is 0 Å². The Balaban J connectivity index is 1.02. The van der Waals surface area contributed by atoms with Crippen molar-refractivity contribution in [2.75, 3.05) is 0 Å². The first-order valence-electron chi connectivity index (χ1n) is 18.3.